The van der Waals surface area contributed by atoms with Crippen LogP contribution < -0.4 is 5.32 Å². The molecule has 0 unspecified atom stereocenters. The highest BCUT2D eigenvalue weighted by Gasteiger charge is 2.07. The largest absolute Gasteiger partial charge is 0.379 e. The van der Waals surface area contributed by atoms with E-state index in [2.05, 4.69) is 22.4 Å². The second kappa shape index (κ2) is 7.06. The number of ether oxygens (including phenoxy) is 1. The van der Waals surface area contributed by atoms with Crippen LogP contribution in [0.4, 0.5) is 0 Å². The van der Waals surface area contributed by atoms with Crippen molar-refractivity contribution in [1.29, 1.82) is 0 Å². The first-order valence-corrected chi connectivity index (χ1v) is 5.03. The van der Waals surface area contributed by atoms with Crippen molar-refractivity contribution in [3.8, 4) is 0 Å². The Balaban J connectivity index is 2.00. The molecule has 0 saturated carbocycles. The maximum Gasteiger partial charge on any atom is 0.0594 e. The highest BCUT2D eigenvalue weighted by atomic mass is 16.5. The summed E-state index contributed by atoms with van der Waals surface area (Å²) in [6.07, 6.45) is 5.62. The van der Waals surface area contributed by atoms with Gasteiger partial charge in [-0.1, -0.05) is 12.2 Å². The summed E-state index contributed by atoms with van der Waals surface area (Å²) in [6.45, 7) is 6.09. The van der Waals surface area contributed by atoms with E-state index in [9.17, 15) is 0 Å². The number of rotatable bonds is 5. The van der Waals surface area contributed by atoms with E-state index < -0.39 is 0 Å². The molecule has 0 aromatic heterocycles. The van der Waals surface area contributed by atoms with Gasteiger partial charge in [0.25, 0.3) is 0 Å². The van der Waals surface area contributed by atoms with Gasteiger partial charge in [-0.2, -0.15) is 0 Å². The summed E-state index contributed by atoms with van der Waals surface area (Å²) in [7, 11) is 1.98. The zero-order chi connectivity index (χ0) is 9.36. The fraction of sp³-hybridized carbons (Fsp3) is 0.800. The molecule has 0 atom stereocenters. The van der Waals surface area contributed by atoms with Gasteiger partial charge in [0, 0.05) is 19.6 Å². The second-order valence-corrected chi connectivity index (χ2v) is 3.28. The molecule has 1 aliphatic heterocycles. The number of morpholine rings is 1. The molecule has 76 valence electrons. The lowest BCUT2D eigenvalue weighted by atomic mass is 10.3. The summed E-state index contributed by atoms with van der Waals surface area (Å²) in [5, 5.41) is 3.12. The molecular formula is C10H20N2O. The number of hydrogen-bond donors (Lipinski definition) is 1. The van der Waals surface area contributed by atoms with Gasteiger partial charge < -0.3 is 10.1 Å². The van der Waals surface area contributed by atoms with Gasteiger partial charge in [0.2, 0.25) is 0 Å². The average Bonchev–Trinajstić information content (AvgIpc) is 2.19. The summed E-state index contributed by atoms with van der Waals surface area (Å²) in [4.78, 5) is 2.42. The Labute approximate surface area is 80.8 Å². The normalized spacial score (nSPS) is 19.8. The van der Waals surface area contributed by atoms with Gasteiger partial charge >= 0.3 is 0 Å². The van der Waals surface area contributed by atoms with Gasteiger partial charge in [0.1, 0.15) is 0 Å². The maximum atomic E-state index is 5.27. The predicted octanol–water partition coefficient (Wildman–Crippen LogP) is 0.484. The Hall–Kier alpha value is -0.380. The fourth-order valence-electron chi connectivity index (χ4n) is 1.35. The lowest BCUT2D eigenvalue weighted by molar-refractivity contribution is 0.0434. The van der Waals surface area contributed by atoms with Gasteiger partial charge in [-0.15, -0.1) is 0 Å². The van der Waals surface area contributed by atoms with Gasteiger partial charge in [-0.25, -0.2) is 0 Å². The van der Waals surface area contributed by atoms with E-state index in [0.29, 0.717) is 0 Å². The first kappa shape index (κ1) is 10.7. The quantitative estimate of drug-likeness (QED) is 0.497. The summed E-state index contributed by atoms with van der Waals surface area (Å²) < 4.78 is 5.27. The Morgan fingerprint density at radius 3 is 2.77 bits per heavy atom. The van der Waals surface area contributed by atoms with E-state index in [0.717, 1.165) is 45.8 Å². The third-order valence-corrected chi connectivity index (χ3v) is 2.19. The molecule has 13 heavy (non-hydrogen) atoms. The molecule has 1 fully saturated rings. The number of nitrogens with zero attached hydrogens (tertiary/aromatic N) is 1. The Morgan fingerprint density at radius 1 is 1.31 bits per heavy atom. The molecule has 1 rings (SSSR count). The molecule has 1 aliphatic rings. The molecule has 0 radical (unpaired) electrons. The van der Waals surface area contributed by atoms with Crippen molar-refractivity contribution < 1.29 is 4.74 Å². The van der Waals surface area contributed by atoms with Crippen molar-refractivity contribution in [2.45, 2.75) is 6.42 Å². The van der Waals surface area contributed by atoms with E-state index in [-0.39, 0.29) is 0 Å². The Morgan fingerprint density at radius 2 is 2.08 bits per heavy atom. The van der Waals surface area contributed by atoms with Gasteiger partial charge in [0.05, 0.1) is 13.2 Å². The van der Waals surface area contributed by atoms with Crippen molar-refractivity contribution >= 4 is 0 Å². The smallest absolute Gasteiger partial charge is 0.0594 e. The SMILES string of the molecule is CNCC/C=C\CN1CCOCC1. The van der Waals surface area contributed by atoms with E-state index >= 15 is 0 Å². The molecule has 0 bridgehead atoms. The van der Waals surface area contributed by atoms with Gasteiger partial charge in [-0.3, -0.25) is 4.90 Å². The van der Waals surface area contributed by atoms with Crippen LogP contribution in [-0.2, 0) is 4.74 Å². The molecule has 1 saturated heterocycles. The van der Waals surface area contributed by atoms with Crippen molar-refractivity contribution in [2.75, 3.05) is 46.4 Å². The first-order valence-electron chi connectivity index (χ1n) is 5.03. The van der Waals surface area contributed by atoms with Crippen LogP contribution in [0.5, 0.6) is 0 Å². The maximum absolute atomic E-state index is 5.27. The summed E-state index contributed by atoms with van der Waals surface area (Å²) in [5.74, 6) is 0. The minimum absolute atomic E-state index is 0.893. The predicted molar refractivity (Wildman–Crippen MR) is 54.9 cm³/mol. The fourth-order valence-corrected chi connectivity index (χ4v) is 1.35. The van der Waals surface area contributed by atoms with Crippen molar-refractivity contribution in [2.24, 2.45) is 0 Å². The third kappa shape index (κ3) is 5.03. The van der Waals surface area contributed by atoms with E-state index in [1.54, 1.807) is 0 Å². The summed E-state index contributed by atoms with van der Waals surface area (Å²) in [6, 6.07) is 0. The van der Waals surface area contributed by atoms with E-state index in [1.165, 1.54) is 0 Å². The van der Waals surface area contributed by atoms with Crippen LogP contribution in [0.25, 0.3) is 0 Å². The molecular weight excluding hydrogens is 164 g/mol. The molecule has 0 amide bonds. The Bertz CT molecular complexity index is 142. The van der Waals surface area contributed by atoms with E-state index in [4.69, 9.17) is 4.74 Å². The van der Waals surface area contributed by atoms with Crippen LogP contribution in [0.15, 0.2) is 12.2 Å². The zero-order valence-corrected chi connectivity index (χ0v) is 8.46. The standard InChI is InChI=1S/C10H20N2O/c1-11-5-3-2-4-6-12-7-9-13-10-8-12/h2,4,11H,3,5-10H2,1H3/b4-2-. The molecule has 0 aliphatic carbocycles. The van der Waals surface area contributed by atoms with Crippen LogP contribution in [0.2, 0.25) is 0 Å². The highest BCUT2D eigenvalue weighted by molar-refractivity contribution is 4.85. The van der Waals surface area contributed by atoms with Gasteiger partial charge in [0.15, 0.2) is 0 Å². The zero-order valence-electron chi connectivity index (χ0n) is 8.46. The molecule has 0 spiro atoms. The molecule has 0 aromatic carbocycles. The van der Waals surface area contributed by atoms with Crippen LogP contribution >= 0.6 is 0 Å². The molecule has 1 N–H and O–H groups in total. The highest BCUT2D eigenvalue weighted by Crippen LogP contribution is 1.96. The number of hydrogen-bond acceptors (Lipinski definition) is 3. The van der Waals surface area contributed by atoms with Crippen LogP contribution in [0.1, 0.15) is 6.42 Å². The van der Waals surface area contributed by atoms with Crippen molar-refractivity contribution in [3.63, 3.8) is 0 Å². The number of nitrogens with one attached hydrogen (secondary N) is 1. The van der Waals surface area contributed by atoms with E-state index in [1.807, 2.05) is 7.05 Å². The lowest BCUT2D eigenvalue weighted by Gasteiger charge is -2.25. The molecule has 0 aromatic rings. The third-order valence-electron chi connectivity index (χ3n) is 2.19. The topological polar surface area (TPSA) is 24.5 Å². The van der Waals surface area contributed by atoms with Crippen LogP contribution in [0.3, 0.4) is 0 Å². The minimum atomic E-state index is 0.893. The molecule has 3 heteroatoms. The summed E-state index contributed by atoms with van der Waals surface area (Å²) in [5.41, 5.74) is 0. The van der Waals surface area contributed by atoms with Crippen molar-refractivity contribution in [1.82, 2.24) is 10.2 Å². The van der Waals surface area contributed by atoms with Gasteiger partial charge in [-0.05, 0) is 20.0 Å². The average molecular weight is 184 g/mol. The Kier molecular flexibility index (Phi) is 5.81. The second-order valence-electron chi connectivity index (χ2n) is 3.28. The van der Waals surface area contributed by atoms with Crippen LogP contribution in [-0.4, -0.2) is 51.3 Å². The minimum Gasteiger partial charge on any atom is -0.379 e. The molecule has 3 nitrogen and oxygen atoms in total. The lowest BCUT2D eigenvalue weighted by Crippen LogP contribution is -2.36. The van der Waals surface area contributed by atoms with Crippen LogP contribution in [0, 0.1) is 0 Å². The summed E-state index contributed by atoms with van der Waals surface area (Å²) >= 11 is 0. The molecule has 1 heterocycles. The monoisotopic (exact) mass is 184 g/mol. The van der Waals surface area contributed by atoms with Crippen molar-refractivity contribution in [3.05, 3.63) is 12.2 Å². The first-order chi connectivity index (χ1) is 6.43.